The molecule has 0 nitrogen and oxygen atoms in total. The lowest BCUT2D eigenvalue weighted by molar-refractivity contribution is 0.0374. The third-order valence-corrected chi connectivity index (χ3v) is 10.6. The van der Waals surface area contributed by atoms with Crippen molar-refractivity contribution in [2.24, 2.45) is 17.8 Å². The molecule has 1 atom stereocenters. The van der Waals surface area contributed by atoms with Crippen LogP contribution in [0.3, 0.4) is 0 Å². The van der Waals surface area contributed by atoms with Crippen molar-refractivity contribution in [2.75, 3.05) is 0 Å². The Bertz CT molecular complexity index is 849. The molecule has 0 N–H and O–H groups in total. The molecule has 0 saturated heterocycles. The van der Waals surface area contributed by atoms with Crippen molar-refractivity contribution in [3.63, 3.8) is 0 Å². The van der Waals surface area contributed by atoms with Crippen LogP contribution in [-0.2, 0) is 0 Å². The molecule has 4 fully saturated rings. The lowest BCUT2D eigenvalue weighted by atomic mass is 9.55. The highest BCUT2D eigenvalue weighted by Crippen LogP contribution is 2.63. The standard InChI is InChI=1S/C28H38BP/c1-17-7-19(3)26(20(4)8-17)29(27-21(5)9-18(2)10-22(27)6)30-28-14-23-11-24(15-28)13-25(12-23)16-28/h7-10,23-25,30H,11-16H2,1-6H3. The molecule has 2 aromatic rings. The van der Waals surface area contributed by atoms with Gasteiger partial charge in [0.1, 0.15) is 0 Å². The van der Waals surface area contributed by atoms with Crippen molar-refractivity contribution in [3.8, 4) is 0 Å². The fourth-order valence-corrected chi connectivity index (χ4v) is 11.2. The Morgan fingerprint density at radius 1 is 0.633 bits per heavy atom. The number of hydrogen-bond donors (Lipinski definition) is 0. The summed E-state index contributed by atoms with van der Waals surface area (Å²) in [5, 5.41) is 0.618. The van der Waals surface area contributed by atoms with Gasteiger partial charge in [-0.05, 0) is 103 Å². The van der Waals surface area contributed by atoms with Gasteiger partial charge in [0, 0.05) is 0 Å². The molecule has 4 bridgehead atoms. The predicted octanol–water partition coefficient (Wildman–Crippen LogP) is 6.29. The van der Waals surface area contributed by atoms with Crippen molar-refractivity contribution in [3.05, 3.63) is 57.6 Å². The molecule has 2 heteroatoms. The topological polar surface area (TPSA) is 0 Å². The molecule has 4 aliphatic carbocycles. The van der Waals surface area contributed by atoms with Crippen molar-refractivity contribution in [2.45, 2.75) is 85.2 Å². The van der Waals surface area contributed by atoms with E-state index in [1.807, 2.05) is 0 Å². The summed E-state index contributed by atoms with van der Waals surface area (Å²) in [7, 11) is 1.03. The van der Waals surface area contributed by atoms with E-state index in [4.69, 9.17) is 0 Å². The van der Waals surface area contributed by atoms with Gasteiger partial charge < -0.3 is 0 Å². The summed E-state index contributed by atoms with van der Waals surface area (Å²) < 4.78 is 0. The zero-order valence-electron chi connectivity index (χ0n) is 19.9. The summed E-state index contributed by atoms with van der Waals surface area (Å²) in [5.74, 6) is 3.10. The Balaban J connectivity index is 1.63. The molecule has 0 radical (unpaired) electrons. The van der Waals surface area contributed by atoms with Gasteiger partial charge in [0.25, 0.3) is 0 Å². The first-order valence-electron chi connectivity index (χ1n) is 12.2. The molecule has 1 unspecified atom stereocenters. The third kappa shape index (κ3) is 3.60. The molecule has 0 spiro atoms. The highest BCUT2D eigenvalue weighted by Gasteiger charge is 2.52. The van der Waals surface area contributed by atoms with E-state index in [1.54, 1.807) is 30.2 Å². The van der Waals surface area contributed by atoms with E-state index in [-0.39, 0.29) is 0 Å². The molecule has 4 saturated carbocycles. The molecule has 30 heavy (non-hydrogen) atoms. The first-order chi connectivity index (χ1) is 14.2. The fourth-order valence-electron chi connectivity index (χ4n) is 8.18. The van der Waals surface area contributed by atoms with Crippen LogP contribution in [0.4, 0.5) is 0 Å². The molecule has 0 heterocycles. The summed E-state index contributed by atoms with van der Waals surface area (Å²) in [6.07, 6.45) is 9.74. The first-order valence-corrected chi connectivity index (χ1v) is 13.2. The van der Waals surface area contributed by atoms with E-state index in [9.17, 15) is 0 Å². The highest BCUT2D eigenvalue weighted by atomic mass is 31.1. The minimum Gasteiger partial charge on any atom is -0.138 e. The fraction of sp³-hybridized carbons (Fsp3) is 0.571. The van der Waals surface area contributed by atoms with Crippen molar-refractivity contribution < 1.29 is 0 Å². The number of rotatable bonds is 4. The molecule has 6 rings (SSSR count). The highest BCUT2D eigenvalue weighted by molar-refractivity contribution is 7.82. The van der Waals surface area contributed by atoms with Gasteiger partial charge in [0.2, 0.25) is 6.43 Å². The van der Waals surface area contributed by atoms with Crippen LogP contribution in [0.15, 0.2) is 24.3 Å². The van der Waals surface area contributed by atoms with Gasteiger partial charge in [-0.3, -0.25) is 0 Å². The summed E-state index contributed by atoms with van der Waals surface area (Å²) >= 11 is 0. The van der Waals surface area contributed by atoms with Crippen molar-refractivity contribution in [1.29, 1.82) is 0 Å². The van der Waals surface area contributed by atoms with Crippen LogP contribution in [0.1, 0.15) is 71.9 Å². The summed E-state index contributed by atoms with van der Waals surface area (Å²) in [5.41, 5.74) is 12.1. The van der Waals surface area contributed by atoms with Crippen LogP contribution in [0.2, 0.25) is 0 Å². The van der Waals surface area contributed by atoms with Crippen LogP contribution in [0.5, 0.6) is 0 Å². The lowest BCUT2D eigenvalue weighted by Crippen LogP contribution is -2.53. The Labute approximate surface area is 186 Å². The maximum Gasteiger partial charge on any atom is 0.236 e. The third-order valence-electron chi connectivity index (χ3n) is 8.54. The van der Waals surface area contributed by atoms with Gasteiger partial charge in [-0.1, -0.05) is 68.6 Å². The second-order valence-corrected chi connectivity index (χ2v) is 13.3. The molecule has 4 aliphatic rings. The zero-order valence-corrected chi connectivity index (χ0v) is 20.9. The quantitative estimate of drug-likeness (QED) is 0.406. The van der Waals surface area contributed by atoms with Crippen molar-refractivity contribution in [1.82, 2.24) is 0 Å². The Morgan fingerprint density at radius 2 is 0.967 bits per heavy atom. The molecule has 158 valence electrons. The monoisotopic (exact) mass is 416 g/mol. The summed E-state index contributed by atoms with van der Waals surface area (Å²) in [4.78, 5) is 0. The molecule has 0 aliphatic heterocycles. The van der Waals surface area contributed by atoms with Gasteiger partial charge in [0.15, 0.2) is 0 Å². The molecule has 0 amide bonds. The van der Waals surface area contributed by atoms with Crippen LogP contribution in [-0.4, -0.2) is 11.6 Å². The maximum absolute atomic E-state index is 2.43. The average molecular weight is 416 g/mol. The second-order valence-electron chi connectivity index (χ2n) is 11.4. The molecular weight excluding hydrogens is 378 g/mol. The minimum atomic E-state index is 0.572. The minimum absolute atomic E-state index is 0.572. The van der Waals surface area contributed by atoms with Gasteiger partial charge in [-0.15, -0.1) is 8.46 Å². The van der Waals surface area contributed by atoms with Crippen LogP contribution >= 0.6 is 8.46 Å². The van der Waals surface area contributed by atoms with E-state index in [0.717, 1.165) is 26.2 Å². The van der Waals surface area contributed by atoms with Gasteiger partial charge in [-0.25, -0.2) is 0 Å². The zero-order chi connectivity index (χ0) is 21.2. The Morgan fingerprint density at radius 3 is 1.30 bits per heavy atom. The van der Waals surface area contributed by atoms with Gasteiger partial charge >= 0.3 is 0 Å². The number of hydrogen-bond acceptors (Lipinski definition) is 0. The Kier molecular flexibility index (Phi) is 5.21. The van der Waals surface area contributed by atoms with Crippen molar-refractivity contribution >= 4 is 25.8 Å². The Hall–Kier alpha value is -1.07. The largest absolute Gasteiger partial charge is 0.236 e. The smallest absolute Gasteiger partial charge is 0.138 e. The predicted molar refractivity (Wildman–Crippen MR) is 136 cm³/mol. The summed E-state index contributed by atoms with van der Waals surface area (Å²) in [6, 6.07) is 9.72. The van der Waals surface area contributed by atoms with E-state index >= 15 is 0 Å². The maximum atomic E-state index is 2.43. The van der Waals surface area contributed by atoms with E-state index < -0.39 is 0 Å². The molecule has 2 aromatic carbocycles. The SMILES string of the molecule is Cc1cc(C)c(B(PC23CC4CC(CC(C4)C2)C3)c2c(C)cc(C)cc2C)c(C)c1. The molecular formula is C28H38BP. The second kappa shape index (κ2) is 7.51. The van der Waals surface area contributed by atoms with Gasteiger partial charge in [0.05, 0.1) is 0 Å². The van der Waals surface area contributed by atoms with E-state index in [2.05, 4.69) is 65.8 Å². The van der Waals surface area contributed by atoms with E-state index in [1.165, 1.54) is 52.6 Å². The summed E-state index contributed by atoms with van der Waals surface area (Å²) in [6.45, 7) is 14.0. The number of aryl methyl sites for hydroxylation is 6. The van der Waals surface area contributed by atoms with Crippen LogP contribution in [0, 0.1) is 59.3 Å². The molecule has 0 aromatic heterocycles. The van der Waals surface area contributed by atoms with E-state index in [0.29, 0.717) is 11.6 Å². The normalized spacial score (nSPS) is 29.9. The average Bonchev–Trinajstić information content (AvgIpc) is 2.58. The lowest BCUT2D eigenvalue weighted by Gasteiger charge is -2.58. The first kappa shape index (κ1) is 20.8. The van der Waals surface area contributed by atoms with Crippen LogP contribution < -0.4 is 10.9 Å². The van der Waals surface area contributed by atoms with Gasteiger partial charge in [-0.2, -0.15) is 0 Å². The van der Waals surface area contributed by atoms with Crippen LogP contribution in [0.25, 0.3) is 0 Å². The number of benzene rings is 2.